The summed E-state index contributed by atoms with van der Waals surface area (Å²) >= 11 is 0. The molecule has 8 nitrogen and oxygen atoms in total. The van der Waals surface area contributed by atoms with Crippen LogP contribution in [0.25, 0.3) is 0 Å². The molecule has 2 rings (SSSR count). The number of nitrogens with one attached hydrogen (secondary N) is 1. The Labute approximate surface area is 170 Å². The van der Waals surface area contributed by atoms with Gasteiger partial charge in [0.2, 0.25) is 0 Å². The lowest BCUT2D eigenvalue weighted by Gasteiger charge is -2.16. The Morgan fingerprint density at radius 3 is 2.24 bits per heavy atom. The SMILES string of the molecule is CON(C)S(=O)(=O)c1ccc(C(=O)O[C@H](C)C(=O)Nc2ccc(C)cc2C)cc1. The van der Waals surface area contributed by atoms with Crippen molar-refractivity contribution < 1.29 is 27.6 Å². The summed E-state index contributed by atoms with van der Waals surface area (Å²) < 4.78 is 30.2. The van der Waals surface area contributed by atoms with Gasteiger partial charge >= 0.3 is 5.97 Å². The number of nitrogens with zero attached hydrogens (tertiary/aromatic N) is 1. The Morgan fingerprint density at radius 2 is 1.69 bits per heavy atom. The lowest BCUT2D eigenvalue weighted by molar-refractivity contribution is -0.123. The Balaban J connectivity index is 2.04. The molecule has 0 saturated heterocycles. The highest BCUT2D eigenvalue weighted by atomic mass is 32.2. The van der Waals surface area contributed by atoms with Crippen LogP contribution < -0.4 is 5.32 Å². The molecule has 9 heteroatoms. The number of rotatable bonds is 7. The smallest absolute Gasteiger partial charge is 0.338 e. The van der Waals surface area contributed by atoms with Crippen LogP contribution in [0.4, 0.5) is 5.69 Å². The molecule has 1 N–H and O–H groups in total. The van der Waals surface area contributed by atoms with Crippen molar-refractivity contribution in [3.63, 3.8) is 0 Å². The van der Waals surface area contributed by atoms with E-state index in [1.165, 1.54) is 45.3 Å². The Morgan fingerprint density at radius 1 is 1.07 bits per heavy atom. The normalized spacial score (nSPS) is 12.5. The number of anilines is 1. The monoisotopic (exact) mass is 420 g/mol. The zero-order valence-electron chi connectivity index (χ0n) is 16.9. The highest BCUT2D eigenvalue weighted by Gasteiger charge is 2.23. The van der Waals surface area contributed by atoms with Crippen LogP contribution in [-0.4, -0.2) is 45.0 Å². The van der Waals surface area contributed by atoms with E-state index in [-0.39, 0.29) is 10.5 Å². The van der Waals surface area contributed by atoms with Gasteiger partial charge in [-0.2, -0.15) is 0 Å². The second-order valence-electron chi connectivity index (χ2n) is 6.48. The van der Waals surface area contributed by atoms with Crippen molar-refractivity contribution in [2.24, 2.45) is 0 Å². The third-order valence-electron chi connectivity index (χ3n) is 4.28. The summed E-state index contributed by atoms with van der Waals surface area (Å²) in [5.74, 6) is -1.21. The van der Waals surface area contributed by atoms with Crippen molar-refractivity contribution in [2.75, 3.05) is 19.5 Å². The third kappa shape index (κ3) is 5.41. The number of hydrogen-bond acceptors (Lipinski definition) is 6. The van der Waals surface area contributed by atoms with Gasteiger partial charge < -0.3 is 10.1 Å². The molecule has 29 heavy (non-hydrogen) atoms. The van der Waals surface area contributed by atoms with Gasteiger partial charge in [0.15, 0.2) is 6.10 Å². The third-order valence-corrected chi connectivity index (χ3v) is 5.97. The van der Waals surface area contributed by atoms with E-state index in [2.05, 4.69) is 5.32 Å². The number of amides is 1. The summed E-state index contributed by atoms with van der Waals surface area (Å²) in [4.78, 5) is 29.3. The van der Waals surface area contributed by atoms with Crippen molar-refractivity contribution in [2.45, 2.75) is 31.8 Å². The fraction of sp³-hybridized carbons (Fsp3) is 0.300. The molecule has 1 amide bonds. The number of carbonyl (C=O) groups is 2. The van der Waals surface area contributed by atoms with Crippen molar-refractivity contribution in [3.05, 3.63) is 59.2 Å². The summed E-state index contributed by atoms with van der Waals surface area (Å²) in [7, 11) is -1.33. The van der Waals surface area contributed by atoms with Crippen molar-refractivity contribution in [1.82, 2.24) is 4.47 Å². The molecule has 0 aliphatic carbocycles. The predicted molar refractivity (Wildman–Crippen MR) is 108 cm³/mol. The molecule has 0 heterocycles. The summed E-state index contributed by atoms with van der Waals surface area (Å²) in [5, 5.41) is 2.73. The molecule has 0 fully saturated rings. The van der Waals surface area contributed by atoms with E-state index in [9.17, 15) is 18.0 Å². The predicted octanol–water partition coefficient (Wildman–Crippen LogP) is 2.67. The Hall–Kier alpha value is -2.75. The van der Waals surface area contributed by atoms with Gasteiger partial charge in [-0.25, -0.2) is 13.2 Å². The molecular weight excluding hydrogens is 396 g/mol. The van der Waals surface area contributed by atoms with Crippen LogP contribution in [0.5, 0.6) is 0 Å². The fourth-order valence-corrected chi connectivity index (χ4v) is 3.45. The molecule has 0 aromatic heterocycles. The van der Waals surface area contributed by atoms with Crippen molar-refractivity contribution in [3.8, 4) is 0 Å². The lowest BCUT2D eigenvalue weighted by Crippen LogP contribution is -2.30. The van der Waals surface area contributed by atoms with Gasteiger partial charge in [0, 0.05) is 12.7 Å². The van der Waals surface area contributed by atoms with Crippen LogP contribution in [0, 0.1) is 13.8 Å². The van der Waals surface area contributed by atoms with E-state index in [0.29, 0.717) is 10.2 Å². The van der Waals surface area contributed by atoms with Gasteiger partial charge in [-0.1, -0.05) is 22.2 Å². The van der Waals surface area contributed by atoms with Crippen LogP contribution in [0.1, 0.15) is 28.4 Å². The van der Waals surface area contributed by atoms with Gasteiger partial charge in [0.25, 0.3) is 15.9 Å². The molecule has 0 aliphatic rings. The fourth-order valence-electron chi connectivity index (χ4n) is 2.48. The van der Waals surface area contributed by atoms with E-state index in [4.69, 9.17) is 9.57 Å². The number of aryl methyl sites for hydroxylation is 2. The van der Waals surface area contributed by atoms with Crippen molar-refractivity contribution in [1.29, 1.82) is 0 Å². The van der Waals surface area contributed by atoms with Crippen LogP contribution in [0.3, 0.4) is 0 Å². The molecule has 0 bridgehead atoms. The zero-order valence-corrected chi connectivity index (χ0v) is 17.7. The van der Waals surface area contributed by atoms with Crippen LogP contribution >= 0.6 is 0 Å². The molecular formula is C20H24N2O6S. The largest absolute Gasteiger partial charge is 0.449 e. The van der Waals surface area contributed by atoms with Crippen LogP contribution in [-0.2, 0) is 24.4 Å². The number of ether oxygens (including phenoxy) is 1. The first kappa shape index (κ1) is 22.5. The van der Waals surface area contributed by atoms with E-state index >= 15 is 0 Å². The molecule has 0 spiro atoms. The molecule has 0 radical (unpaired) electrons. The van der Waals surface area contributed by atoms with Gasteiger partial charge in [-0.15, -0.1) is 0 Å². The molecule has 0 unspecified atom stereocenters. The second-order valence-corrected chi connectivity index (χ2v) is 8.41. The van der Waals surface area contributed by atoms with E-state index in [1.807, 2.05) is 26.0 Å². The number of hydrogen-bond donors (Lipinski definition) is 1. The van der Waals surface area contributed by atoms with E-state index < -0.39 is 28.0 Å². The maximum atomic E-state index is 12.3. The average Bonchev–Trinajstić information content (AvgIpc) is 2.69. The van der Waals surface area contributed by atoms with Crippen LogP contribution in [0.2, 0.25) is 0 Å². The average molecular weight is 420 g/mol. The minimum absolute atomic E-state index is 0.0426. The Kier molecular flexibility index (Phi) is 7.12. The molecule has 0 aliphatic heterocycles. The molecule has 156 valence electrons. The van der Waals surface area contributed by atoms with Gasteiger partial charge in [-0.3, -0.25) is 9.63 Å². The summed E-state index contributed by atoms with van der Waals surface area (Å²) in [6.45, 7) is 5.28. The zero-order chi connectivity index (χ0) is 21.8. The lowest BCUT2D eigenvalue weighted by atomic mass is 10.1. The highest BCUT2D eigenvalue weighted by Crippen LogP contribution is 2.18. The summed E-state index contributed by atoms with van der Waals surface area (Å²) in [6, 6.07) is 10.7. The maximum Gasteiger partial charge on any atom is 0.338 e. The quantitative estimate of drug-likeness (QED) is 0.546. The minimum Gasteiger partial charge on any atom is -0.449 e. The first-order chi connectivity index (χ1) is 13.6. The van der Waals surface area contributed by atoms with E-state index in [0.717, 1.165) is 11.1 Å². The number of benzene rings is 2. The number of carbonyl (C=O) groups excluding carboxylic acids is 2. The topological polar surface area (TPSA) is 102 Å². The van der Waals surface area contributed by atoms with Gasteiger partial charge in [-0.05, 0) is 56.7 Å². The minimum atomic E-state index is -3.81. The number of esters is 1. The van der Waals surface area contributed by atoms with Gasteiger partial charge in [0.05, 0.1) is 17.6 Å². The molecule has 1 atom stereocenters. The van der Waals surface area contributed by atoms with Crippen LogP contribution in [0.15, 0.2) is 47.4 Å². The maximum absolute atomic E-state index is 12.3. The van der Waals surface area contributed by atoms with Gasteiger partial charge in [0.1, 0.15) is 0 Å². The summed E-state index contributed by atoms with van der Waals surface area (Å²) in [5.41, 5.74) is 2.73. The molecule has 2 aromatic rings. The highest BCUT2D eigenvalue weighted by molar-refractivity contribution is 7.89. The number of hydroxylamine groups is 1. The molecule has 2 aromatic carbocycles. The number of sulfonamides is 1. The first-order valence-corrected chi connectivity index (χ1v) is 10.2. The summed E-state index contributed by atoms with van der Waals surface area (Å²) in [6.07, 6.45) is -1.04. The second kappa shape index (κ2) is 9.17. The van der Waals surface area contributed by atoms with E-state index in [1.54, 1.807) is 6.07 Å². The van der Waals surface area contributed by atoms with Crippen molar-refractivity contribution >= 4 is 27.6 Å². The Bertz CT molecular complexity index is 1000. The first-order valence-electron chi connectivity index (χ1n) is 8.78. The standard InChI is InChI=1S/C20H24N2O6S/c1-13-6-11-18(14(2)12-13)21-19(23)15(3)28-20(24)16-7-9-17(10-8-16)29(25,26)22(4)27-5/h6-12,15H,1-5H3,(H,21,23)/t15-/m1/s1. The molecule has 0 saturated carbocycles.